The van der Waals surface area contributed by atoms with Crippen molar-refractivity contribution in [3.63, 3.8) is 0 Å². The minimum atomic E-state index is -0.287. The van der Waals surface area contributed by atoms with Crippen molar-refractivity contribution in [2.45, 2.75) is 6.04 Å². The Morgan fingerprint density at radius 3 is 2.72 bits per heavy atom. The number of hydrogen-bond donors (Lipinski definition) is 1. The number of halogens is 3. The van der Waals surface area contributed by atoms with Crippen LogP contribution >= 0.6 is 27.5 Å². The van der Waals surface area contributed by atoms with Crippen LogP contribution in [-0.4, -0.2) is 16.8 Å². The third-order valence-electron chi connectivity index (χ3n) is 2.78. The highest BCUT2D eigenvalue weighted by Crippen LogP contribution is 2.29. The quantitative estimate of drug-likeness (QED) is 0.935. The van der Waals surface area contributed by atoms with Gasteiger partial charge in [-0.15, -0.1) is 0 Å². The third kappa shape index (κ3) is 2.43. The van der Waals surface area contributed by atoms with Crippen LogP contribution in [0.1, 0.15) is 17.3 Å². The van der Waals surface area contributed by atoms with Crippen molar-refractivity contribution in [3.8, 4) is 0 Å². The summed E-state index contributed by atoms with van der Waals surface area (Å²) < 4.78 is 15.4. The number of rotatable bonds is 3. The topological polar surface area (TPSA) is 29.9 Å². The number of nitrogens with zero attached hydrogens (tertiary/aromatic N) is 2. The van der Waals surface area contributed by atoms with Crippen molar-refractivity contribution in [2.75, 3.05) is 7.05 Å². The molecule has 1 N–H and O–H groups in total. The Hall–Kier alpha value is -0.910. The number of hydrogen-bond acceptors (Lipinski definition) is 2. The first-order chi connectivity index (χ1) is 8.54. The van der Waals surface area contributed by atoms with Crippen LogP contribution in [0.4, 0.5) is 4.39 Å². The van der Waals surface area contributed by atoms with Gasteiger partial charge in [0.2, 0.25) is 0 Å². The van der Waals surface area contributed by atoms with Crippen LogP contribution in [0.15, 0.2) is 28.9 Å². The lowest BCUT2D eigenvalue weighted by Gasteiger charge is -2.18. The fraction of sp³-hybridized carbons (Fsp3) is 0.250. The van der Waals surface area contributed by atoms with E-state index in [2.05, 4.69) is 26.3 Å². The standard InChI is InChI=1S/C12H12BrClFN3/c1-16-11(12-9(14)6-17-18(12)2)7-3-4-10(15)8(13)5-7/h3-6,11,16H,1-2H3. The van der Waals surface area contributed by atoms with E-state index in [-0.39, 0.29) is 11.9 Å². The summed E-state index contributed by atoms with van der Waals surface area (Å²) in [7, 11) is 3.65. The van der Waals surface area contributed by atoms with E-state index in [1.54, 1.807) is 23.0 Å². The molecule has 1 aromatic carbocycles. The molecule has 3 nitrogen and oxygen atoms in total. The molecular weight excluding hydrogens is 321 g/mol. The minimum Gasteiger partial charge on any atom is -0.308 e. The van der Waals surface area contributed by atoms with E-state index >= 15 is 0 Å². The summed E-state index contributed by atoms with van der Waals surface area (Å²) in [6.07, 6.45) is 1.60. The summed E-state index contributed by atoms with van der Waals surface area (Å²) in [5.74, 6) is -0.287. The van der Waals surface area contributed by atoms with Gasteiger partial charge in [0, 0.05) is 7.05 Å². The largest absolute Gasteiger partial charge is 0.308 e. The van der Waals surface area contributed by atoms with Gasteiger partial charge >= 0.3 is 0 Å². The molecule has 2 aromatic rings. The lowest BCUT2D eigenvalue weighted by molar-refractivity contribution is 0.597. The second kappa shape index (κ2) is 5.38. The summed E-state index contributed by atoms with van der Waals surface area (Å²) in [6.45, 7) is 0. The van der Waals surface area contributed by atoms with E-state index < -0.39 is 0 Å². The van der Waals surface area contributed by atoms with E-state index in [4.69, 9.17) is 11.6 Å². The zero-order valence-corrected chi connectivity index (χ0v) is 12.3. The summed E-state index contributed by atoms with van der Waals surface area (Å²) in [6, 6.07) is 4.75. The Labute approximate surface area is 118 Å². The van der Waals surface area contributed by atoms with Crippen molar-refractivity contribution < 1.29 is 4.39 Å². The highest BCUT2D eigenvalue weighted by atomic mass is 79.9. The molecule has 96 valence electrons. The number of benzene rings is 1. The van der Waals surface area contributed by atoms with Gasteiger partial charge < -0.3 is 5.32 Å². The van der Waals surface area contributed by atoms with E-state index in [0.717, 1.165) is 11.3 Å². The normalized spacial score (nSPS) is 12.7. The molecule has 18 heavy (non-hydrogen) atoms. The maximum atomic E-state index is 13.3. The Morgan fingerprint density at radius 2 is 2.22 bits per heavy atom. The van der Waals surface area contributed by atoms with Gasteiger partial charge in [0.1, 0.15) is 5.82 Å². The summed E-state index contributed by atoms with van der Waals surface area (Å²) in [5.41, 5.74) is 1.76. The van der Waals surface area contributed by atoms with Crippen LogP contribution in [0.5, 0.6) is 0 Å². The predicted molar refractivity (Wildman–Crippen MR) is 73.2 cm³/mol. The van der Waals surface area contributed by atoms with Gasteiger partial charge in [-0.2, -0.15) is 5.10 Å². The van der Waals surface area contributed by atoms with Gasteiger partial charge in [-0.3, -0.25) is 4.68 Å². The molecule has 1 heterocycles. The molecule has 1 aromatic heterocycles. The smallest absolute Gasteiger partial charge is 0.137 e. The van der Waals surface area contributed by atoms with Crippen molar-refractivity contribution in [3.05, 3.63) is 51.0 Å². The third-order valence-corrected chi connectivity index (χ3v) is 3.68. The van der Waals surface area contributed by atoms with Gasteiger partial charge in [-0.1, -0.05) is 17.7 Å². The molecule has 0 aliphatic heterocycles. The zero-order valence-electron chi connectivity index (χ0n) is 9.92. The van der Waals surface area contributed by atoms with Crippen molar-refractivity contribution >= 4 is 27.5 Å². The Morgan fingerprint density at radius 1 is 1.50 bits per heavy atom. The Bertz CT molecular complexity index is 551. The van der Waals surface area contributed by atoms with Crippen molar-refractivity contribution in [1.29, 1.82) is 0 Å². The zero-order chi connectivity index (χ0) is 13.3. The van der Waals surface area contributed by atoms with Crippen molar-refractivity contribution in [2.24, 2.45) is 7.05 Å². The number of aryl methyl sites for hydroxylation is 1. The molecule has 0 saturated heterocycles. The van der Waals surface area contributed by atoms with E-state index in [9.17, 15) is 4.39 Å². The monoisotopic (exact) mass is 331 g/mol. The first-order valence-electron chi connectivity index (χ1n) is 5.34. The Kier molecular flexibility index (Phi) is 4.04. The molecule has 0 radical (unpaired) electrons. The van der Waals surface area contributed by atoms with Crippen molar-refractivity contribution in [1.82, 2.24) is 15.1 Å². The highest BCUT2D eigenvalue weighted by Gasteiger charge is 2.20. The summed E-state index contributed by atoms with van der Waals surface area (Å²) in [4.78, 5) is 0. The van der Waals surface area contributed by atoms with Gasteiger partial charge in [0.25, 0.3) is 0 Å². The molecule has 0 saturated carbocycles. The maximum Gasteiger partial charge on any atom is 0.137 e. The molecular formula is C12H12BrClFN3. The predicted octanol–water partition coefficient (Wildman–Crippen LogP) is 3.28. The first kappa shape index (κ1) is 13.5. The van der Waals surface area contributed by atoms with Crippen LogP contribution in [0.2, 0.25) is 5.02 Å². The van der Waals surface area contributed by atoms with Crippen LogP contribution in [0.25, 0.3) is 0 Å². The number of aromatic nitrogens is 2. The molecule has 1 atom stereocenters. The molecule has 6 heteroatoms. The molecule has 0 aliphatic carbocycles. The SMILES string of the molecule is CNC(c1ccc(F)c(Br)c1)c1c(Cl)cnn1C. The Balaban J connectivity index is 2.48. The van der Waals surface area contributed by atoms with Gasteiger partial charge in [-0.25, -0.2) is 4.39 Å². The fourth-order valence-electron chi connectivity index (χ4n) is 1.90. The lowest BCUT2D eigenvalue weighted by atomic mass is 10.0. The van der Waals surface area contributed by atoms with E-state index in [1.165, 1.54) is 6.07 Å². The van der Waals surface area contributed by atoms with Crippen LogP contribution in [0.3, 0.4) is 0 Å². The minimum absolute atomic E-state index is 0.137. The lowest BCUT2D eigenvalue weighted by Crippen LogP contribution is -2.21. The summed E-state index contributed by atoms with van der Waals surface area (Å²) in [5, 5.41) is 7.85. The summed E-state index contributed by atoms with van der Waals surface area (Å²) >= 11 is 9.32. The second-order valence-electron chi connectivity index (χ2n) is 3.90. The van der Waals surface area contributed by atoms with E-state index in [1.807, 2.05) is 14.1 Å². The maximum absolute atomic E-state index is 13.3. The molecule has 0 fully saturated rings. The molecule has 1 unspecified atom stereocenters. The van der Waals surface area contributed by atoms with Crippen LogP contribution < -0.4 is 5.32 Å². The van der Waals surface area contributed by atoms with Crippen LogP contribution in [-0.2, 0) is 7.05 Å². The van der Waals surface area contributed by atoms with Crippen LogP contribution in [0, 0.1) is 5.82 Å². The first-order valence-corrected chi connectivity index (χ1v) is 6.51. The number of nitrogens with one attached hydrogen (secondary N) is 1. The second-order valence-corrected chi connectivity index (χ2v) is 5.16. The molecule has 0 aliphatic rings. The average molecular weight is 333 g/mol. The van der Waals surface area contributed by atoms with Gasteiger partial charge in [0.15, 0.2) is 0 Å². The van der Waals surface area contributed by atoms with E-state index in [0.29, 0.717) is 9.50 Å². The molecule has 0 amide bonds. The average Bonchev–Trinajstić information content (AvgIpc) is 2.66. The van der Waals surface area contributed by atoms with Gasteiger partial charge in [-0.05, 0) is 40.7 Å². The molecule has 0 spiro atoms. The molecule has 0 bridgehead atoms. The fourth-order valence-corrected chi connectivity index (χ4v) is 2.57. The highest BCUT2D eigenvalue weighted by molar-refractivity contribution is 9.10. The molecule has 2 rings (SSSR count). The van der Waals surface area contributed by atoms with Gasteiger partial charge in [0.05, 0.1) is 27.4 Å².